The Morgan fingerprint density at radius 3 is 2.77 bits per heavy atom. The van der Waals surface area contributed by atoms with Gasteiger partial charge < -0.3 is 0 Å². The number of hydrogen-bond donors (Lipinski definition) is 1. The van der Waals surface area contributed by atoms with Gasteiger partial charge in [0.25, 0.3) is 0 Å². The third-order valence-corrected chi connectivity index (χ3v) is 3.98. The molecule has 0 aliphatic rings. The van der Waals surface area contributed by atoms with Crippen LogP contribution in [0, 0.1) is 3.57 Å². The minimum atomic E-state index is -0.142. The molecule has 1 aromatic carbocycles. The monoisotopic (exact) mass is 370 g/mol. The minimum Gasteiger partial charge on any atom is -0.293 e. The molecule has 4 heteroatoms. The van der Waals surface area contributed by atoms with Crippen LogP contribution in [-0.2, 0) is 0 Å². The Morgan fingerprint density at radius 1 is 1.62 bits per heavy atom. The van der Waals surface area contributed by atoms with Crippen LogP contribution in [-0.4, -0.2) is 10.6 Å². The smallest absolute Gasteiger partial charge is 0.177 e. The largest absolute Gasteiger partial charge is 0.293 e. The van der Waals surface area contributed by atoms with Gasteiger partial charge in [0.2, 0.25) is 0 Å². The van der Waals surface area contributed by atoms with Crippen molar-refractivity contribution >= 4 is 56.9 Å². The molecule has 0 N–H and O–H groups in total. The number of ketones is 1. The summed E-state index contributed by atoms with van der Waals surface area (Å²) in [5.41, 5.74) is 0.734. The van der Waals surface area contributed by atoms with E-state index in [0.29, 0.717) is 0 Å². The van der Waals surface area contributed by atoms with E-state index in [9.17, 15) is 4.79 Å². The highest BCUT2D eigenvalue weighted by Crippen LogP contribution is 2.22. The predicted molar refractivity (Wildman–Crippen MR) is 69.1 cm³/mol. The van der Waals surface area contributed by atoms with Crippen molar-refractivity contribution < 1.29 is 4.79 Å². The van der Waals surface area contributed by atoms with Crippen LogP contribution in [0.15, 0.2) is 23.1 Å². The van der Waals surface area contributed by atoms with Crippen LogP contribution >= 0.6 is 51.1 Å². The summed E-state index contributed by atoms with van der Waals surface area (Å²) in [6.45, 7) is 1.82. The van der Waals surface area contributed by atoms with Gasteiger partial charge in [-0.05, 0) is 35.6 Å². The van der Waals surface area contributed by atoms with E-state index in [1.165, 1.54) is 0 Å². The highest BCUT2D eigenvalue weighted by molar-refractivity contribution is 14.1. The molecule has 70 valence electrons. The number of carbonyl (C=O) groups excluding carboxylic acids is 1. The van der Waals surface area contributed by atoms with Gasteiger partial charge in [-0.3, -0.25) is 4.79 Å². The fourth-order valence-corrected chi connectivity index (χ4v) is 2.00. The molecule has 0 fully saturated rings. The van der Waals surface area contributed by atoms with E-state index in [2.05, 4.69) is 51.1 Å². The molecule has 0 aliphatic carbocycles. The van der Waals surface area contributed by atoms with Gasteiger partial charge in [-0.1, -0.05) is 28.1 Å². The fourth-order valence-electron chi connectivity index (χ4n) is 0.924. The number of halogens is 2. The molecular formula is C9H8BrIOS. The maximum Gasteiger partial charge on any atom is 0.177 e. The van der Waals surface area contributed by atoms with E-state index in [0.717, 1.165) is 14.0 Å². The lowest BCUT2D eigenvalue weighted by atomic mass is 10.1. The first-order valence-electron chi connectivity index (χ1n) is 3.69. The predicted octanol–water partition coefficient (Wildman–Crippen LogP) is 3.55. The highest BCUT2D eigenvalue weighted by atomic mass is 127. The van der Waals surface area contributed by atoms with Gasteiger partial charge in [0.1, 0.15) is 0 Å². The molecule has 0 saturated carbocycles. The second-order valence-electron chi connectivity index (χ2n) is 2.62. The molecule has 0 spiro atoms. The van der Waals surface area contributed by atoms with Gasteiger partial charge in [-0.15, -0.1) is 12.6 Å². The summed E-state index contributed by atoms with van der Waals surface area (Å²) in [5, 5.41) is 0. The van der Waals surface area contributed by atoms with Gasteiger partial charge >= 0.3 is 0 Å². The Balaban J connectivity index is 3.15. The second-order valence-corrected chi connectivity index (χ2v) is 5.55. The van der Waals surface area contributed by atoms with E-state index in [-0.39, 0.29) is 10.6 Å². The number of Topliss-reactive ketones (excluding diaryl/α,β-unsaturated/α-hetero) is 1. The Morgan fingerprint density at radius 2 is 2.23 bits per heavy atom. The third-order valence-electron chi connectivity index (χ3n) is 1.61. The van der Waals surface area contributed by atoms with Gasteiger partial charge in [-0.2, -0.15) is 0 Å². The van der Waals surface area contributed by atoms with Crippen molar-refractivity contribution in [3.05, 3.63) is 27.3 Å². The minimum absolute atomic E-state index is 0.0975. The van der Waals surface area contributed by atoms with Crippen molar-refractivity contribution in [1.29, 1.82) is 0 Å². The van der Waals surface area contributed by atoms with Crippen LogP contribution in [0.1, 0.15) is 17.3 Å². The maximum atomic E-state index is 11.6. The molecule has 1 atom stereocenters. The lowest BCUT2D eigenvalue weighted by Gasteiger charge is -2.06. The molecule has 13 heavy (non-hydrogen) atoms. The van der Waals surface area contributed by atoms with Gasteiger partial charge in [-0.25, -0.2) is 0 Å². The number of thiol groups is 1. The van der Waals surface area contributed by atoms with Crippen LogP contribution in [0.25, 0.3) is 0 Å². The summed E-state index contributed by atoms with van der Waals surface area (Å²) < 4.78 is 0.916. The van der Waals surface area contributed by atoms with E-state index < -0.39 is 0 Å². The van der Waals surface area contributed by atoms with Crippen LogP contribution in [0.3, 0.4) is 0 Å². The summed E-state index contributed by atoms with van der Waals surface area (Å²) >= 11 is 9.65. The van der Waals surface area contributed by atoms with Crippen molar-refractivity contribution in [2.45, 2.75) is 16.6 Å². The van der Waals surface area contributed by atoms with E-state index in [1.807, 2.05) is 25.1 Å². The lowest BCUT2D eigenvalue weighted by molar-refractivity contribution is 0.0994. The first-order valence-corrected chi connectivity index (χ1v) is 6.14. The highest BCUT2D eigenvalue weighted by Gasteiger charge is 2.15. The molecule has 1 aromatic rings. The van der Waals surface area contributed by atoms with Crippen molar-refractivity contribution in [3.8, 4) is 0 Å². The zero-order valence-electron chi connectivity index (χ0n) is 6.92. The Labute approximate surface area is 105 Å². The molecule has 1 nitrogen and oxygen atoms in total. The van der Waals surface area contributed by atoms with Crippen molar-refractivity contribution in [2.24, 2.45) is 0 Å². The van der Waals surface area contributed by atoms with E-state index in [4.69, 9.17) is 0 Å². The molecule has 0 amide bonds. The molecule has 1 rings (SSSR count). The lowest BCUT2D eigenvalue weighted by Crippen LogP contribution is -2.11. The molecule has 0 bridgehead atoms. The average molecular weight is 371 g/mol. The molecular weight excluding hydrogens is 363 g/mol. The summed E-state index contributed by atoms with van der Waals surface area (Å²) in [5.74, 6) is 0.0975. The Bertz CT molecular complexity index is 338. The van der Waals surface area contributed by atoms with Gasteiger partial charge in [0.15, 0.2) is 5.78 Å². The first kappa shape index (κ1) is 11.5. The average Bonchev–Trinajstić information content (AvgIpc) is 2.08. The van der Waals surface area contributed by atoms with Crippen LogP contribution in [0.4, 0.5) is 0 Å². The SMILES string of the molecule is CC(Br)C(=O)c1cccc(S)c1I. The quantitative estimate of drug-likeness (QED) is 0.364. The summed E-state index contributed by atoms with van der Waals surface area (Å²) in [6, 6.07) is 5.54. The van der Waals surface area contributed by atoms with E-state index in [1.54, 1.807) is 0 Å². The molecule has 0 aromatic heterocycles. The molecule has 1 unspecified atom stereocenters. The fraction of sp³-hybridized carbons (Fsp3) is 0.222. The Kier molecular flexibility index (Phi) is 4.25. The van der Waals surface area contributed by atoms with E-state index >= 15 is 0 Å². The van der Waals surface area contributed by atoms with Crippen LogP contribution in [0.2, 0.25) is 0 Å². The first-order chi connectivity index (χ1) is 6.04. The third kappa shape index (κ3) is 2.70. The molecule has 0 aliphatic heterocycles. The van der Waals surface area contributed by atoms with Crippen molar-refractivity contribution in [3.63, 3.8) is 0 Å². The molecule has 0 heterocycles. The topological polar surface area (TPSA) is 17.1 Å². The standard InChI is InChI=1S/C9H8BrIOS/c1-5(10)9(12)6-3-2-4-7(13)8(6)11/h2-5,13H,1H3. The van der Waals surface area contributed by atoms with Crippen LogP contribution < -0.4 is 0 Å². The number of alkyl halides is 1. The molecule has 0 saturated heterocycles. The summed E-state index contributed by atoms with van der Waals surface area (Å²) in [4.78, 5) is 12.3. The maximum absolute atomic E-state index is 11.6. The number of rotatable bonds is 2. The molecule has 0 radical (unpaired) electrons. The van der Waals surface area contributed by atoms with Gasteiger partial charge in [0, 0.05) is 14.0 Å². The number of carbonyl (C=O) groups is 1. The summed E-state index contributed by atoms with van der Waals surface area (Å²) in [6.07, 6.45) is 0. The Hall–Kier alpha value is 0.450. The van der Waals surface area contributed by atoms with Gasteiger partial charge in [0.05, 0.1) is 4.83 Å². The number of benzene rings is 1. The zero-order valence-corrected chi connectivity index (χ0v) is 11.6. The normalized spacial score (nSPS) is 12.6. The number of hydrogen-bond acceptors (Lipinski definition) is 2. The van der Waals surface area contributed by atoms with Crippen molar-refractivity contribution in [1.82, 2.24) is 0 Å². The van der Waals surface area contributed by atoms with Crippen molar-refractivity contribution in [2.75, 3.05) is 0 Å². The van der Waals surface area contributed by atoms with Crippen LogP contribution in [0.5, 0.6) is 0 Å². The second kappa shape index (κ2) is 4.79. The summed E-state index contributed by atoms with van der Waals surface area (Å²) in [7, 11) is 0. The zero-order chi connectivity index (χ0) is 10.0.